The number of amides is 1. The minimum absolute atomic E-state index is 0.0186. The first-order valence-corrected chi connectivity index (χ1v) is 6.42. The van der Waals surface area contributed by atoms with Crippen molar-refractivity contribution < 1.29 is 9.53 Å². The molecule has 1 saturated heterocycles. The first-order valence-electron chi connectivity index (χ1n) is 6.42. The molecule has 19 heavy (non-hydrogen) atoms. The molecule has 0 radical (unpaired) electrons. The third-order valence-electron chi connectivity index (χ3n) is 3.27. The van der Waals surface area contributed by atoms with Gasteiger partial charge in [0.25, 0.3) is 0 Å². The number of rotatable bonds is 2. The number of hydrogen-bond acceptors (Lipinski definition) is 3. The highest BCUT2D eigenvalue weighted by Gasteiger charge is 2.32. The Morgan fingerprint density at radius 2 is 2.05 bits per heavy atom. The molecule has 0 aromatic heterocycles. The third-order valence-corrected chi connectivity index (χ3v) is 3.27. The van der Waals surface area contributed by atoms with Gasteiger partial charge in [-0.2, -0.15) is 0 Å². The predicted molar refractivity (Wildman–Crippen MR) is 76.5 cm³/mol. The van der Waals surface area contributed by atoms with Crippen LogP contribution in [0, 0.1) is 0 Å². The molecule has 0 saturated carbocycles. The van der Waals surface area contributed by atoms with Gasteiger partial charge in [-0.05, 0) is 37.6 Å². The Labute approximate surface area is 113 Å². The lowest BCUT2D eigenvalue weighted by Crippen LogP contribution is -2.55. The minimum atomic E-state index is -0.249. The Balaban J connectivity index is 2.06. The molecular weight excluding hydrogens is 240 g/mol. The average Bonchev–Trinajstić information content (AvgIpc) is 2.37. The number of nitrogen functional groups attached to an aromatic ring is 1. The van der Waals surface area contributed by atoms with Gasteiger partial charge in [0, 0.05) is 18.3 Å². The van der Waals surface area contributed by atoms with Gasteiger partial charge in [0.2, 0.25) is 5.91 Å². The highest BCUT2D eigenvalue weighted by molar-refractivity contribution is 5.92. The SMILES string of the molecule is CC1(C)COCCN1C(=O)/C=C/c1ccc(N)cc1. The van der Waals surface area contributed by atoms with Gasteiger partial charge >= 0.3 is 0 Å². The Bertz CT molecular complexity index is 477. The molecule has 1 fully saturated rings. The van der Waals surface area contributed by atoms with Gasteiger partial charge in [0.15, 0.2) is 0 Å². The molecule has 1 aliphatic rings. The van der Waals surface area contributed by atoms with Crippen molar-refractivity contribution in [1.82, 2.24) is 4.90 Å². The van der Waals surface area contributed by atoms with Crippen LogP contribution < -0.4 is 5.73 Å². The molecule has 2 N–H and O–H groups in total. The molecule has 0 spiro atoms. The van der Waals surface area contributed by atoms with E-state index in [2.05, 4.69) is 0 Å². The maximum atomic E-state index is 12.2. The zero-order chi connectivity index (χ0) is 13.9. The topological polar surface area (TPSA) is 55.6 Å². The van der Waals surface area contributed by atoms with Crippen LogP contribution in [0.25, 0.3) is 6.08 Å². The molecule has 0 unspecified atom stereocenters. The summed E-state index contributed by atoms with van der Waals surface area (Å²) < 4.78 is 5.41. The van der Waals surface area contributed by atoms with Crippen molar-refractivity contribution in [2.24, 2.45) is 0 Å². The molecule has 4 nitrogen and oxygen atoms in total. The van der Waals surface area contributed by atoms with E-state index in [-0.39, 0.29) is 11.4 Å². The first kappa shape index (κ1) is 13.6. The van der Waals surface area contributed by atoms with E-state index in [9.17, 15) is 4.79 Å². The number of hydrogen-bond donors (Lipinski definition) is 1. The molecule has 1 aromatic carbocycles. The fourth-order valence-electron chi connectivity index (χ4n) is 2.13. The van der Waals surface area contributed by atoms with Gasteiger partial charge in [-0.3, -0.25) is 4.79 Å². The summed E-state index contributed by atoms with van der Waals surface area (Å²) in [6.45, 7) is 5.85. The number of benzene rings is 1. The highest BCUT2D eigenvalue weighted by Crippen LogP contribution is 2.19. The van der Waals surface area contributed by atoms with Gasteiger partial charge in [-0.15, -0.1) is 0 Å². The van der Waals surface area contributed by atoms with Crippen molar-refractivity contribution in [3.63, 3.8) is 0 Å². The zero-order valence-electron chi connectivity index (χ0n) is 11.4. The maximum absolute atomic E-state index is 12.2. The van der Waals surface area contributed by atoms with Crippen LogP contribution in [0.4, 0.5) is 5.69 Å². The van der Waals surface area contributed by atoms with E-state index in [1.807, 2.05) is 49.1 Å². The Hall–Kier alpha value is -1.81. The van der Waals surface area contributed by atoms with Gasteiger partial charge in [-0.1, -0.05) is 12.1 Å². The second kappa shape index (κ2) is 5.45. The van der Waals surface area contributed by atoms with Crippen molar-refractivity contribution in [2.75, 3.05) is 25.5 Å². The number of carbonyl (C=O) groups is 1. The maximum Gasteiger partial charge on any atom is 0.247 e. The molecule has 0 aliphatic carbocycles. The van der Waals surface area contributed by atoms with Crippen LogP contribution >= 0.6 is 0 Å². The van der Waals surface area contributed by atoms with Crippen molar-refractivity contribution in [3.8, 4) is 0 Å². The fourth-order valence-corrected chi connectivity index (χ4v) is 2.13. The predicted octanol–water partition coefficient (Wildman–Crippen LogP) is 1.92. The number of nitrogens with two attached hydrogens (primary N) is 1. The summed E-state index contributed by atoms with van der Waals surface area (Å²) in [5, 5.41) is 0. The van der Waals surface area contributed by atoms with Crippen molar-refractivity contribution in [1.29, 1.82) is 0 Å². The molecule has 2 rings (SSSR count). The molecule has 1 amide bonds. The van der Waals surface area contributed by atoms with Crippen LogP contribution in [0.5, 0.6) is 0 Å². The number of nitrogens with zero attached hydrogens (tertiary/aromatic N) is 1. The zero-order valence-corrected chi connectivity index (χ0v) is 11.4. The number of morpholine rings is 1. The van der Waals surface area contributed by atoms with E-state index in [4.69, 9.17) is 10.5 Å². The lowest BCUT2D eigenvalue weighted by Gasteiger charge is -2.41. The summed E-state index contributed by atoms with van der Waals surface area (Å²) in [5.74, 6) is 0.0186. The molecule has 4 heteroatoms. The summed E-state index contributed by atoms with van der Waals surface area (Å²) >= 11 is 0. The second-order valence-electron chi connectivity index (χ2n) is 5.35. The molecule has 1 aliphatic heterocycles. The lowest BCUT2D eigenvalue weighted by molar-refractivity contribution is -0.140. The Morgan fingerprint density at radius 3 is 2.68 bits per heavy atom. The fraction of sp³-hybridized carbons (Fsp3) is 0.400. The number of carbonyl (C=O) groups excluding carboxylic acids is 1. The summed E-state index contributed by atoms with van der Waals surface area (Å²) in [5.41, 5.74) is 7.06. The minimum Gasteiger partial charge on any atom is -0.399 e. The van der Waals surface area contributed by atoms with Crippen molar-refractivity contribution in [2.45, 2.75) is 19.4 Å². The molecular formula is C15H20N2O2. The summed E-state index contributed by atoms with van der Waals surface area (Å²) in [7, 11) is 0. The summed E-state index contributed by atoms with van der Waals surface area (Å²) in [6.07, 6.45) is 3.42. The second-order valence-corrected chi connectivity index (χ2v) is 5.35. The summed E-state index contributed by atoms with van der Waals surface area (Å²) in [6, 6.07) is 7.43. The molecule has 1 aromatic rings. The molecule has 102 valence electrons. The first-order chi connectivity index (χ1) is 8.99. The van der Waals surface area contributed by atoms with E-state index in [1.54, 1.807) is 6.08 Å². The van der Waals surface area contributed by atoms with Crippen molar-refractivity contribution in [3.05, 3.63) is 35.9 Å². The monoisotopic (exact) mass is 260 g/mol. The smallest absolute Gasteiger partial charge is 0.247 e. The number of ether oxygens (including phenoxy) is 1. The molecule has 0 atom stereocenters. The molecule has 1 heterocycles. The van der Waals surface area contributed by atoms with E-state index >= 15 is 0 Å². The van der Waals surface area contributed by atoms with Crippen LogP contribution in [0.1, 0.15) is 19.4 Å². The van der Waals surface area contributed by atoms with Crippen LogP contribution in [0.15, 0.2) is 30.3 Å². The lowest BCUT2D eigenvalue weighted by atomic mass is 10.0. The normalized spacial score (nSPS) is 18.7. The Morgan fingerprint density at radius 1 is 1.37 bits per heavy atom. The van der Waals surface area contributed by atoms with E-state index in [1.165, 1.54) is 0 Å². The van der Waals surface area contributed by atoms with Crippen LogP contribution in [-0.4, -0.2) is 36.1 Å². The van der Waals surface area contributed by atoms with Gasteiger partial charge in [0.05, 0.1) is 18.8 Å². The largest absolute Gasteiger partial charge is 0.399 e. The van der Waals surface area contributed by atoms with E-state index < -0.39 is 0 Å². The third kappa shape index (κ3) is 3.35. The highest BCUT2D eigenvalue weighted by atomic mass is 16.5. The van der Waals surface area contributed by atoms with Gasteiger partial charge in [-0.25, -0.2) is 0 Å². The number of anilines is 1. The van der Waals surface area contributed by atoms with Gasteiger partial charge < -0.3 is 15.4 Å². The van der Waals surface area contributed by atoms with Gasteiger partial charge in [0.1, 0.15) is 0 Å². The van der Waals surface area contributed by atoms with Crippen LogP contribution in [0.3, 0.4) is 0 Å². The Kier molecular flexibility index (Phi) is 3.90. The van der Waals surface area contributed by atoms with Crippen LogP contribution in [0.2, 0.25) is 0 Å². The van der Waals surface area contributed by atoms with E-state index in [0.717, 1.165) is 11.3 Å². The van der Waals surface area contributed by atoms with Crippen molar-refractivity contribution >= 4 is 17.7 Å². The van der Waals surface area contributed by atoms with Crippen LogP contribution in [-0.2, 0) is 9.53 Å². The summed E-state index contributed by atoms with van der Waals surface area (Å²) in [4.78, 5) is 14.1. The molecule has 0 bridgehead atoms. The quantitative estimate of drug-likeness (QED) is 0.653. The average molecular weight is 260 g/mol. The van der Waals surface area contributed by atoms with E-state index in [0.29, 0.717) is 19.8 Å². The standard InChI is InChI=1S/C15H20N2O2/c1-15(2)11-19-10-9-17(15)14(18)8-5-12-3-6-13(16)7-4-12/h3-8H,9-11,16H2,1-2H3/b8-5+.